The summed E-state index contributed by atoms with van der Waals surface area (Å²) >= 11 is 0. The highest BCUT2D eigenvalue weighted by Gasteiger charge is 2.32. The van der Waals surface area contributed by atoms with Gasteiger partial charge in [-0.2, -0.15) is 13.2 Å². The van der Waals surface area contributed by atoms with Crippen LogP contribution < -0.4 is 5.32 Å². The Labute approximate surface area is 122 Å². The molecule has 1 N–H and O–H groups in total. The highest BCUT2D eigenvalue weighted by molar-refractivity contribution is 5.51. The van der Waals surface area contributed by atoms with Crippen LogP contribution >= 0.6 is 0 Å². The number of anilines is 1. The third-order valence-electron chi connectivity index (χ3n) is 3.33. The summed E-state index contributed by atoms with van der Waals surface area (Å²) < 4.78 is 38.8. The molecule has 112 valence electrons. The lowest BCUT2D eigenvalue weighted by molar-refractivity contribution is -0.138. The van der Waals surface area contributed by atoms with Crippen molar-refractivity contribution >= 4 is 5.69 Å². The fourth-order valence-electron chi connectivity index (χ4n) is 2.32. The summed E-state index contributed by atoms with van der Waals surface area (Å²) in [5.41, 5.74) is 1.71. The number of hydrogen-bond acceptors (Lipinski definition) is 1. The molecule has 1 nitrogen and oxygen atoms in total. The average molecular weight is 293 g/mol. The Morgan fingerprint density at radius 1 is 0.905 bits per heavy atom. The molecular weight excluding hydrogens is 275 g/mol. The van der Waals surface area contributed by atoms with E-state index in [2.05, 4.69) is 12.2 Å². The lowest BCUT2D eigenvalue weighted by Crippen LogP contribution is -2.12. The van der Waals surface area contributed by atoms with E-state index in [0.717, 1.165) is 30.2 Å². The van der Waals surface area contributed by atoms with E-state index in [9.17, 15) is 13.2 Å². The molecule has 0 saturated heterocycles. The van der Waals surface area contributed by atoms with Crippen LogP contribution in [0.25, 0.3) is 0 Å². The van der Waals surface area contributed by atoms with E-state index < -0.39 is 11.7 Å². The molecule has 0 aliphatic heterocycles. The predicted octanol–water partition coefficient (Wildman–Crippen LogP) is 5.27. The first-order valence-corrected chi connectivity index (χ1v) is 6.99. The summed E-state index contributed by atoms with van der Waals surface area (Å²) in [7, 11) is 0. The maximum Gasteiger partial charge on any atom is 0.416 e. The molecule has 0 bridgehead atoms. The van der Waals surface area contributed by atoms with Crippen LogP contribution in [0.2, 0.25) is 0 Å². The van der Waals surface area contributed by atoms with Crippen molar-refractivity contribution in [3.8, 4) is 0 Å². The molecule has 0 fully saturated rings. The van der Waals surface area contributed by atoms with Crippen molar-refractivity contribution < 1.29 is 13.2 Å². The lowest BCUT2D eigenvalue weighted by atomic mass is 10.1. The molecule has 0 aromatic heterocycles. The molecule has 0 aliphatic carbocycles. The second-order valence-corrected chi connectivity index (χ2v) is 4.92. The first-order valence-electron chi connectivity index (χ1n) is 6.99. The highest BCUT2D eigenvalue weighted by atomic mass is 19.4. The fourth-order valence-corrected chi connectivity index (χ4v) is 2.32. The highest BCUT2D eigenvalue weighted by Crippen LogP contribution is 2.32. The largest absolute Gasteiger partial charge is 0.416 e. The monoisotopic (exact) mass is 293 g/mol. The molecule has 2 rings (SSSR count). The second kappa shape index (κ2) is 6.66. The number of rotatable bonds is 5. The lowest BCUT2D eigenvalue weighted by Gasteiger charge is -2.15. The van der Waals surface area contributed by atoms with Gasteiger partial charge in [-0.3, -0.25) is 0 Å². The minimum absolute atomic E-state index is 0.163. The number of nitrogens with one attached hydrogen (secondary N) is 1. The summed E-state index contributed by atoms with van der Waals surface area (Å²) in [5.74, 6) is 0. The molecule has 0 aliphatic rings. The van der Waals surface area contributed by atoms with Crippen molar-refractivity contribution in [1.82, 2.24) is 0 Å². The quantitative estimate of drug-likeness (QED) is 0.792. The van der Waals surface area contributed by atoms with Gasteiger partial charge in [0.05, 0.1) is 5.56 Å². The zero-order valence-electron chi connectivity index (χ0n) is 11.9. The number of halogens is 3. The zero-order chi connectivity index (χ0) is 15.3. The van der Waals surface area contributed by atoms with Crippen LogP contribution in [0.4, 0.5) is 18.9 Å². The molecule has 0 unspecified atom stereocenters. The topological polar surface area (TPSA) is 12.0 Å². The Bertz CT molecular complexity index is 591. The van der Waals surface area contributed by atoms with Gasteiger partial charge in [0.25, 0.3) is 0 Å². The average Bonchev–Trinajstić information content (AvgIpc) is 2.46. The van der Waals surface area contributed by atoms with Crippen LogP contribution in [0.15, 0.2) is 48.5 Å². The Kier molecular flexibility index (Phi) is 4.89. The minimum atomic E-state index is -4.32. The van der Waals surface area contributed by atoms with Gasteiger partial charge in [-0.25, -0.2) is 0 Å². The standard InChI is InChI=1S/C17H18F3N/c1-2-7-13-8-4-6-11-16(13)21-12-14-9-3-5-10-15(14)17(18,19)20/h3-6,8-11,21H,2,7,12H2,1H3. The van der Waals surface area contributed by atoms with E-state index >= 15 is 0 Å². The molecule has 0 atom stereocenters. The number of hydrogen-bond donors (Lipinski definition) is 1. The van der Waals surface area contributed by atoms with Gasteiger partial charge >= 0.3 is 6.18 Å². The van der Waals surface area contributed by atoms with E-state index in [-0.39, 0.29) is 12.1 Å². The van der Waals surface area contributed by atoms with Crippen LogP contribution in [0.5, 0.6) is 0 Å². The zero-order valence-corrected chi connectivity index (χ0v) is 11.9. The van der Waals surface area contributed by atoms with E-state index in [4.69, 9.17) is 0 Å². The normalized spacial score (nSPS) is 11.4. The number of alkyl halides is 3. The molecule has 0 saturated carbocycles. The van der Waals surface area contributed by atoms with Crippen LogP contribution in [0.1, 0.15) is 30.0 Å². The van der Waals surface area contributed by atoms with Gasteiger partial charge in [-0.05, 0) is 29.7 Å². The van der Waals surface area contributed by atoms with Crippen molar-refractivity contribution in [2.24, 2.45) is 0 Å². The smallest absolute Gasteiger partial charge is 0.381 e. The number of para-hydroxylation sites is 1. The summed E-state index contributed by atoms with van der Waals surface area (Å²) in [6, 6.07) is 13.4. The first kappa shape index (κ1) is 15.4. The van der Waals surface area contributed by atoms with E-state index in [1.807, 2.05) is 24.3 Å². The van der Waals surface area contributed by atoms with Crippen molar-refractivity contribution in [3.63, 3.8) is 0 Å². The maximum atomic E-state index is 12.9. The molecule has 4 heteroatoms. The second-order valence-electron chi connectivity index (χ2n) is 4.92. The van der Waals surface area contributed by atoms with Crippen LogP contribution in [-0.2, 0) is 19.1 Å². The molecule has 0 spiro atoms. The minimum Gasteiger partial charge on any atom is -0.381 e. The van der Waals surface area contributed by atoms with Crippen molar-refractivity contribution in [1.29, 1.82) is 0 Å². The van der Waals surface area contributed by atoms with E-state index in [0.29, 0.717) is 0 Å². The van der Waals surface area contributed by atoms with E-state index in [1.165, 1.54) is 12.1 Å². The van der Waals surface area contributed by atoms with Gasteiger partial charge in [0.1, 0.15) is 0 Å². The molecular formula is C17H18F3N. The molecule has 2 aromatic rings. The summed E-state index contributed by atoms with van der Waals surface area (Å²) in [6.07, 6.45) is -2.41. The Balaban J connectivity index is 2.18. The number of benzene rings is 2. The van der Waals surface area contributed by atoms with Crippen molar-refractivity contribution in [3.05, 3.63) is 65.2 Å². The van der Waals surface area contributed by atoms with Gasteiger partial charge in [0.15, 0.2) is 0 Å². The molecule has 0 heterocycles. The Hall–Kier alpha value is -1.97. The molecule has 21 heavy (non-hydrogen) atoms. The summed E-state index contributed by atoms with van der Waals surface area (Å²) in [6.45, 7) is 2.24. The Morgan fingerprint density at radius 2 is 1.52 bits per heavy atom. The van der Waals surface area contributed by atoms with Gasteiger partial charge in [-0.1, -0.05) is 49.7 Å². The van der Waals surface area contributed by atoms with Crippen molar-refractivity contribution in [2.75, 3.05) is 5.32 Å². The molecule has 0 amide bonds. The van der Waals surface area contributed by atoms with Gasteiger partial charge in [-0.15, -0.1) is 0 Å². The van der Waals surface area contributed by atoms with Gasteiger partial charge < -0.3 is 5.32 Å². The summed E-state index contributed by atoms with van der Waals surface area (Å²) in [5, 5.41) is 3.13. The van der Waals surface area contributed by atoms with Crippen LogP contribution in [-0.4, -0.2) is 0 Å². The Morgan fingerprint density at radius 3 is 2.19 bits per heavy atom. The maximum absolute atomic E-state index is 12.9. The fraction of sp³-hybridized carbons (Fsp3) is 0.294. The molecule has 0 radical (unpaired) electrons. The molecule has 2 aromatic carbocycles. The van der Waals surface area contributed by atoms with Gasteiger partial charge in [0.2, 0.25) is 0 Å². The SMILES string of the molecule is CCCc1ccccc1NCc1ccccc1C(F)(F)F. The third kappa shape index (κ3) is 4.00. The van der Waals surface area contributed by atoms with E-state index in [1.54, 1.807) is 6.07 Å². The van der Waals surface area contributed by atoms with Crippen LogP contribution in [0.3, 0.4) is 0 Å². The van der Waals surface area contributed by atoms with Crippen molar-refractivity contribution in [2.45, 2.75) is 32.5 Å². The predicted molar refractivity (Wildman–Crippen MR) is 79.2 cm³/mol. The van der Waals surface area contributed by atoms with Gasteiger partial charge in [0, 0.05) is 12.2 Å². The number of aryl methyl sites for hydroxylation is 1. The van der Waals surface area contributed by atoms with Crippen LogP contribution in [0, 0.1) is 0 Å². The summed E-state index contributed by atoms with van der Waals surface area (Å²) in [4.78, 5) is 0. The third-order valence-corrected chi connectivity index (χ3v) is 3.33. The first-order chi connectivity index (χ1) is 10.0.